The summed E-state index contributed by atoms with van der Waals surface area (Å²) in [7, 11) is 0. The third-order valence-electron chi connectivity index (χ3n) is 16.4. The van der Waals surface area contributed by atoms with Crippen molar-refractivity contribution >= 4 is 107 Å². The van der Waals surface area contributed by atoms with Gasteiger partial charge in [0.15, 0.2) is 0 Å². The first-order valence-corrected chi connectivity index (χ1v) is 28.7. The highest BCUT2D eigenvalue weighted by molar-refractivity contribution is 7.26. The molecule has 80 heavy (non-hydrogen) atoms. The molecule has 0 atom stereocenters. The largest absolute Gasteiger partial charge is 0.309 e. The van der Waals surface area contributed by atoms with Crippen molar-refractivity contribution in [1.82, 2.24) is 14.1 Å². The van der Waals surface area contributed by atoms with Gasteiger partial charge in [0.05, 0.1) is 27.6 Å². The van der Waals surface area contributed by atoms with Gasteiger partial charge in [0.2, 0.25) is 0 Å². The van der Waals surface area contributed by atoms with Crippen LogP contribution >= 0.6 is 22.7 Å². The predicted octanol–water partition coefficient (Wildman–Crippen LogP) is 20.8. The summed E-state index contributed by atoms with van der Waals surface area (Å²) in [6.45, 7) is 4.32. The van der Waals surface area contributed by atoms with Gasteiger partial charge in [-0.2, -0.15) is 5.26 Å². The highest BCUT2D eigenvalue weighted by Gasteiger charge is 2.31. The van der Waals surface area contributed by atoms with E-state index in [0.717, 1.165) is 89.1 Å². The van der Waals surface area contributed by atoms with Crippen molar-refractivity contribution < 1.29 is 0 Å². The maximum Gasteiger partial charge on any atom is 0.100 e. The van der Waals surface area contributed by atoms with Crippen LogP contribution in [0.25, 0.3) is 151 Å². The van der Waals surface area contributed by atoms with E-state index in [-0.39, 0.29) is 0 Å². The number of hydrogen-bond donors (Lipinski definition) is 0. The fourth-order valence-electron chi connectivity index (χ4n) is 13.0. The number of hydrogen-bond acceptors (Lipinski definition) is 4. The molecule has 0 aliphatic carbocycles. The van der Waals surface area contributed by atoms with Gasteiger partial charge < -0.3 is 9.13 Å². The molecule has 4 nitrogen and oxygen atoms in total. The number of nitrogens with zero attached hydrogens (tertiary/aromatic N) is 4. The fraction of sp³-hybridized carbons (Fsp3) is 0.0270. The molecule has 0 saturated carbocycles. The Morgan fingerprint density at radius 3 is 1.25 bits per heavy atom. The summed E-state index contributed by atoms with van der Waals surface area (Å²) in [5, 5.41) is 22.0. The monoisotopic (exact) mass is 1050 g/mol. The van der Waals surface area contributed by atoms with Gasteiger partial charge in [0, 0.05) is 102 Å². The Balaban J connectivity index is 1.07. The van der Waals surface area contributed by atoms with Crippen LogP contribution in [0.4, 0.5) is 0 Å². The Kier molecular flexibility index (Phi) is 10.5. The first-order chi connectivity index (χ1) is 39.5. The number of nitriles is 1. The lowest BCUT2D eigenvalue weighted by Crippen LogP contribution is -2.03. The Morgan fingerprint density at radius 2 is 0.750 bits per heavy atom. The molecule has 16 aromatic rings. The molecule has 5 aromatic heterocycles. The lowest BCUT2D eigenvalue weighted by Gasteiger charge is -2.27. The number of fused-ring (bicyclic) bond motifs is 12. The first-order valence-electron chi connectivity index (χ1n) is 27.1. The van der Waals surface area contributed by atoms with E-state index in [9.17, 15) is 5.26 Å². The van der Waals surface area contributed by atoms with Gasteiger partial charge in [-0.1, -0.05) is 145 Å². The van der Waals surface area contributed by atoms with Crippen molar-refractivity contribution in [2.24, 2.45) is 0 Å². The van der Waals surface area contributed by atoms with Gasteiger partial charge in [-0.3, -0.25) is 4.98 Å². The SMILES string of the molecule is Cc1ccc2c(c1)c1ccccc1n2-c1ccc(-c2c(C#N)c(-c3ccncc3)c(-c3ccc(-n4c5ccccc5c5cc(C)ccc54)cc3)c(-c3cccc4sc5ccccc5c34)c2-c2cccc3sc4ccccc4c23)cc1. The lowest BCUT2D eigenvalue weighted by atomic mass is 9.75. The molecule has 374 valence electrons. The Morgan fingerprint density at radius 1 is 0.350 bits per heavy atom. The first kappa shape index (κ1) is 46.2. The standard InChI is InChI=1S/C74H46N4S2/c1-44-25-35-62-57(41-44)51-13-3-7-19-60(51)77(62)49-31-27-46(28-32-49)69-59(43-75)68(48-37-39-76-40-38-48)70(47-29-33-50(34-30-47)78-61-20-8-4-14-52(61)58-42-45(2)26-36-63(58)78)74(56-18-12-24-67-72(56)54-16-6-10-22-65(54)80-67)73(69)55-17-11-23-66-71(55)53-15-5-9-21-64(53)79-66/h3-42H,1-2H3. The number of rotatable bonds is 7. The van der Waals surface area contributed by atoms with E-state index in [4.69, 9.17) is 0 Å². The van der Waals surface area contributed by atoms with E-state index >= 15 is 0 Å². The van der Waals surface area contributed by atoms with Crippen LogP contribution in [0.15, 0.2) is 243 Å². The molecule has 11 aromatic carbocycles. The van der Waals surface area contributed by atoms with Crippen LogP contribution in [0.1, 0.15) is 16.7 Å². The van der Waals surface area contributed by atoms with Crippen LogP contribution in [0.3, 0.4) is 0 Å². The zero-order valence-electron chi connectivity index (χ0n) is 43.7. The molecule has 0 amide bonds. The second kappa shape index (κ2) is 18.1. The van der Waals surface area contributed by atoms with Crippen molar-refractivity contribution in [3.8, 4) is 73.1 Å². The third-order valence-corrected chi connectivity index (χ3v) is 18.7. The van der Waals surface area contributed by atoms with Crippen LogP contribution < -0.4 is 0 Å². The maximum absolute atomic E-state index is 12.3. The van der Waals surface area contributed by atoms with Gasteiger partial charge in [-0.05, 0) is 150 Å². The molecule has 5 heterocycles. The molecule has 0 aliphatic heterocycles. The van der Waals surface area contributed by atoms with E-state index in [0.29, 0.717) is 5.56 Å². The van der Waals surface area contributed by atoms with E-state index in [2.05, 4.69) is 265 Å². The summed E-state index contributed by atoms with van der Waals surface area (Å²) < 4.78 is 9.62. The molecule has 0 aliphatic rings. The molecular weight excluding hydrogens is 1010 g/mol. The van der Waals surface area contributed by atoms with E-state index < -0.39 is 0 Å². The number of pyridine rings is 1. The van der Waals surface area contributed by atoms with E-state index in [1.165, 1.54) is 73.0 Å². The fourth-order valence-corrected chi connectivity index (χ4v) is 15.3. The van der Waals surface area contributed by atoms with Crippen LogP contribution in [0, 0.1) is 25.2 Å². The molecule has 0 N–H and O–H groups in total. The molecule has 16 rings (SSSR count). The average molecular weight is 1060 g/mol. The summed E-state index contributed by atoms with van der Waals surface area (Å²) in [5.41, 5.74) is 19.7. The highest BCUT2D eigenvalue weighted by Crippen LogP contribution is 2.57. The van der Waals surface area contributed by atoms with Crippen molar-refractivity contribution in [3.05, 3.63) is 260 Å². The molecule has 0 spiro atoms. The second-order valence-corrected chi connectivity index (χ2v) is 23.2. The van der Waals surface area contributed by atoms with Gasteiger partial charge in [0.1, 0.15) is 6.07 Å². The molecule has 0 unspecified atom stereocenters. The van der Waals surface area contributed by atoms with E-state index in [1.807, 2.05) is 35.1 Å². The zero-order chi connectivity index (χ0) is 53.2. The summed E-state index contributed by atoms with van der Waals surface area (Å²) in [6, 6.07) is 87.2. The van der Waals surface area contributed by atoms with E-state index in [1.54, 1.807) is 0 Å². The van der Waals surface area contributed by atoms with Crippen molar-refractivity contribution in [2.45, 2.75) is 13.8 Å². The number of aryl methyl sites for hydroxylation is 2. The van der Waals surface area contributed by atoms with Crippen LogP contribution in [0.2, 0.25) is 0 Å². The van der Waals surface area contributed by atoms with Gasteiger partial charge in [-0.15, -0.1) is 22.7 Å². The Labute approximate surface area is 469 Å². The van der Waals surface area contributed by atoms with Gasteiger partial charge in [0.25, 0.3) is 0 Å². The van der Waals surface area contributed by atoms with Gasteiger partial charge >= 0.3 is 0 Å². The van der Waals surface area contributed by atoms with Crippen molar-refractivity contribution in [3.63, 3.8) is 0 Å². The van der Waals surface area contributed by atoms with Gasteiger partial charge in [-0.25, -0.2) is 0 Å². The molecular formula is C74H46N4S2. The normalized spacial score (nSPS) is 11.9. The minimum Gasteiger partial charge on any atom is -0.309 e. The number of thiophene rings is 2. The molecule has 0 saturated heterocycles. The lowest BCUT2D eigenvalue weighted by molar-refractivity contribution is 1.18. The smallest absolute Gasteiger partial charge is 0.100 e. The van der Waals surface area contributed by atoms with Crippen molar-refractivity contribution in [2.75, 3.05) is 0 Å². The minimum absolute atomic E-state index is 0.603. The summed E-state index contributed by atoms with van der Waals surface area (Å²) in [6.07, 6.45) is 3.71. The van der Waals surface area contributed by atoms with Crippen LogP contribution in [-0.4, -0.2) is 14.1 Å². The summed E-state index contributed by atoms with van der Waals surface area (Å²) in [5.74, 6) is 0. The average Bonchev–Trinajstić information content (AvgIpc) is 4.38. The maximum atomic E-state index is 12.3. The third kappa shape index (κ3) is 6.95. The van der Waals surface area contributed by atoms with Crippen LogP contribution in [-0.2, 0) is 0 Å². The Bertz CT molecular complexity index is 5260. The molecule has 6 heteroatoms. The number of benzene rings is 11. The second-order valence-electron chi connectivity index (χ2n) is 21.0. The predicted molar refractivity (Wildman–Crippen MR) is 340 cm³/mol. The quantitative estimate of drug-likeness (QED) is 0.160. The number of aromatic nitrogens is 3. The highest BCUT2D eigenvalue weighted by atomic mass is 32.1. The van der Waals surface area contributed by atoms with Crippen molar-refractivity contribution in [1.29, 1.82) is 5.26 Å². The summed E-state index contributed by atoms with van der Waals surface area (Å²) >= 11 is 3.65. The minimum atomic E-state index is 0.603. The number of para-hydroxylation sites is 2. The zero-order valence-corrected chi connectivity index (χ0v) is 45.3. The molecule has 0 fully saturated rings. The molecule has 0 radical (unpaired) electrons. The summed E-state index contributed by atoms with van der Waals surface area (Å²) in [4.78, 5) is 4.57. The Hall–Kier alpha value is -9.90. The molecule has 0 bridgehead atoms. The van der Waals surface area contributed by atoms with Crippen LogP contribution in [0.5, 0.6) is 0 Å². The topological polar surface area (TPSA) is 46.5 Å².